The summed E-state index contributed by atoms with van der Waals surface area (Å²) >= 11 is 5.39. The number of piperazine rings is 1. The summed E-state index contributed by atoms with van der Waals surface area (Å²) in [5, 5.41) is 4.28. The highest BCUT2D eigenvalue weighted by Crippen LogP contribution is 2.05. The van der Waals surface area contributed by atoms with Crippen LogP contribution in [0.5, 0.6) is 0 Å². The Balaban J connectivity index is 2.22. The molecule has 4 heteroatoms. The van der Waals surface area contributed by atoms with Crippen molar-refractivity contribution in [2.24, 2.45) is 0 Å². The van der Waals surface area contributed by atoms with E-state index in [2.05, 4.69) is 35.9 Å². The molecule has 1 heterocycles. The van der Waals surface area contributed by atoms with Gasteiger partial charge in [0.25, 0.3) is 0 Å². The zero-order valence-electron chi connectivity index (χ0n) is 10.8. The normalized spacial score (nSPS) is 17.9. The van der Waals surface area contributed by atoms with Crippen LogP contribution in [0.3, 0.4) is 0 Å². The number of thiocarbonyl (C=S) groups is 1. The largest absolute Gasteiger partial charge is 0.363 e. The quantitative estimate of drug-likeness (QED) is 0.598. The molecule has 0 saturated carbocycles. The van der Waals surface area contributed by atoms with Crippen LogP contribution in [-0.2, 0) is 0 Å². The molecule has 0 unspecified atom stereocenters. The molecule has 1 fully saturated rings. The number of unbranched alkanes of at least 4 members (excludes halogenated alkanes) is 1. The monoisotopic (exact) mass is 243 g/mol. The molecule has 0 aromatic carbocycles. The molecule has 0 spiro atoms. The lowest BCUT2D eigenvalue weighted by atomic mass is 10.2. The molecule has 3 nitrogen and oxygen atoms in total. The summed E-state index contributed by atoms with van der Waals surface area (Å²) in [5.41, 5.74) is 0. The van der Waals surface area contributed by atoms with Gasteiger partial charge < -0.3 is 10.2 Å². The number of nitrogens with zero attached hydrogens (tertiary/aromatic N) is 2. The highest BCUT2D eigenvalue weighted by molar-refractivity contribution is 7.80. The summed E-state index contributed by atoms with van der Waals surface area (Å²) in [6.45, 7) is 12.1. The van der Waals surface area contributed by atoms with Gasteiger partial charge in [0.15, 0.2) is 5.11 Å². The average molecular weight is 243 g/mol. The topological polar surface area (TPSA) is 18.5 Å². The van der Waals surface area contributed by atoms with E-state index in [1.54, 1.807) is 0 Å². The van der Waals surface area contributed by atoms with Crippen LogP contribution in [0.4, 0.5) is 0 Å². The lowest BCUT2D eigenvalue weighted by Gasteiger charge is -2.38. The fourth-order valence-corrected chi connectivity index (χ4v) is 2.21. The highest BCUT2D eigenvalue weighted by Gasteiger charge is 2.19. The molecule has 0 aromatic heterocycles. The van der Waals surface area contributed by atoms with Gasteiger partial charge in [0, 0.05) is 38.8 Å². The molecule has 1 aliphatic heterocycles. The van der Waals surface area contributed by atoms with Gasteiger partial charge in [0.05, 0.1) is 0 Å². The van der Waals surface area contributed by atoms with Gasteiger partial charge in [-0.3, -0.25) is 4.90 Å². The minimum atomic E-state index is 0.656. The first-order chi connectivity index (χ1) is 7.65. The van der Waals surface area contributed by atoms with Crippen molar-refractivity contribution in [2.75, 3.05) is 32.7 Å². The molecule has 1 saturated heterocycles. The van der Waals surface area contributed by atoms with Gasteiger partial charge in [0.1, 0.15) is 0 Å². The van der Waals surface area contributed by atoms with E-state index in [0.29, 0.717) is 6.04 Å². The number of hydrogen-bond acceptors (Lipinski definition) is 2. The van der Waals surface area contributed by atoms with E-state index in [-0.39, 0.29) is 0 Å². The van der Waals surface area contributed by atoms with Crippen molar-refractivity contribution in [2.45, 2.75) is 39.7 Å². The van der Waals surface area contributed by atoms with E-state index >= 15 is 0 Å². The molecule has 0 bridgehead atoms. The first kappa shape index (κ1) is 13.7. The maximum Gasteiger partial charge on any atom is 0.169 e. The second-order valence-electron chi connectivity index (χ2n) is 4.70. The molecule has 1 aliphatic rings. The third-order valence-corrected chi connectivity index (χ3v) is 3.54. The summed E-state index contributed by atoms with van der Waals surface area (Å²) in [4.78, 5) is 4.80. The smallest absolute Gasteiger partial charge is 0.169 e. The second kappa shape index (κ2) is 7.07. The molecule has 0 radical (unpaired) electrons. The molecule has 16 heavy (non-hydrogen) atoms. The molecule has 0 aliphatic carbocycles. The molecular formula is C12H25N3S. The summed E-state index contributed by atoms with van der Waals surface area (Å²) < 4.78 is 0. The van der Waals surface area contributed by atoms with E-state index in [9.17, 15) is 0 Å². The third kappa shape index (κ3) is 4.26. The Morgan fingerprint density at radius 3 is 2.38 bits per heavy atom. The van der Waals surface area contributed by atoms with Crippen molar-refractivity contribution in [3.8, 4) is 0 Å². The molecule has 94 valence electrons. The van der Waals surface area contributed by atoms with Crippen LogP contribution in [0.2, 0.25) is 0 Å². The van der Waals surface area contributed by atoms with Crippen LogP contribution in [0, 0.1) is 0 Å². The van der Waals surface area contributed by atoms with Gasteiger partial charge in [0.2, 0.25) is 0 Å². The number of nitrogens with one attached hydrogen (secondary N) is 1. The fourth-order valence-electron chi connectivity index (χ4n) is 1.93. The van der Waals surface area contributed by atoms with Gasteiger partial charge in [-0.15, -0.1) is 0 Å². The van der Waals surface area contributed by atoms with Crippen LogP contribution >= 0.6 is 12.2 Å². The van der Waals surface area contributed by atoms with Crippen LogP contribution in [-0.4, -0.2) is 53.7 Å². The summed E-state index contributed by atoms with van der Waals surface area (Å²) in [7, 11) is 0. The molecule has 1 rings (SSSR count). The standard InChI is InChI=1S/C12H25N3S/c1-4-5-6-13-12(16)15-9-7-14(8-10-15)11(2)3/h11H,4-10H2,1-3H3,(H,13,16). The van der Waals surface area contributed by atoms with E-state index in [4.69, 9.17) is 12.2 Å². The van der Waals surface area contributed by atoms with Crippen molar-refractivity contribution in [3.63, 3.8) is 0 Å². The van der Waals surface area contributed by atoms with Crippen LogP contribution in [0.15, 0.2) is 0 Å². The zero-order valence-corrected chi connectivity index (χ0v) is 11.6. The van der Waals surface area contributed by atoms with E-state index in [1.807, 2.05) is 0 Å². The zero-order chi connectivity index (χ0) is 12.0. The van der Waals surface area contributed by atoms with Gasteiger partial charge >= 0.3 is 0 Å². The maximum absolute atomic E-state index is 5.39. The Hall–Kier alpha value is -0.350. The van der Waals surface area contributed by atoms with Crippen LogP contribution in [0.1, 0.15) is 33.6 Å². The Morgan fingerprint density at radius 1 is 1.25 bits per heavy atom. The highest BCUT2D eigenvalue weighted by atomic mass is 32.1. The van der Waals surface area contributed by atoms with Crippen molar-refractivity contribution in [3.05, 3.63) is 0 Å². The van der Waals surface area contributed by atoms with Crippen LogP contribution in [0.25, 0.3) is 0 Å². The predicted octanol–water partition coefficient (Wildman–Crippen LogP) is 1.69. The summed E-state index contributed by atoms with van der Waals surface area (Å²) in [6, 6.07) is 0.656. The van der Waals surface area contributed by atoms with Crippen molar-refractivity contribution >= 4 is 17.3 Å². The fraction of sp³-hybridized carbons (Fsp3) is 0.917. The van der Waals surface area contributed by atoms with Gasteiger partial charge in [-0.2, -0.15) is 0 Å². The lowest BCUT2D eigenvalue weighted by molar-refractivity contribution is 0.148. The van der Waals surface area contributed by atoms with Crippen molar-refractivity contribution in [1.82, 2.24) is 15.1 Å². The minimum absolute atomic E-state index is 0.656. The van der Waals surface area contributed by atoms with Gasteiger partial charge in [-0.25, -0.2) is 0 Å². The minimum Gasteiger partial charge on any atom is -0.363 e. The van der Waals surface area contributed by atoms with E-state index < -0.39 is 0 Å². The van der Waals surface area contributed by atoms with E-state index in [1.165, 1.54) is 12.8 Å². The molecule has 0 atom stereocenters. The summed E-state index contributed by atoms with van der Waals surface area (Å²) in [5.74, 6) is 0. The molecule has 0 amide bonds. The van der Waals surface area contributed by atoms with Gasteiger partial charge in [-0.1, -0.05) is 13.3 Å². The van der Waals surface area contributed by atoms with Crippen molar-refractivity contribution < 1.29 is 0 Å². The summed E-state index contributed by atoms with van der Waals surface area (Å²) in [6.07, 6.45) is 2.42. The number of rotatable bonds is 4. The second-order valence-corrected chi connectivity index (χ2v) is 5.09. The predicted molar refractivity (Wildman–Crippen MR) is 73.8 cm³/mol. The van der Waals surface area contributed by atoms with E-state index in [0.717, 1.165) is 37.8 Å². The van der Waals surface area contributed by atoms with Crippen molar-refractivity contribution in [1.29, 1.82) is 0 Å². The molecule has 0 aromatic rings. The lowest BCUT2D eigenvalue weighted by Crippen LogP contribution is -2.53. The SMILES string of the molecule is CCCCNC(=S)N1CCN(C(C)C)CC1. The average Bonchev–Trinajstić information content (AvgIpc) is 2.29. The Bertz CT molecular complexity index is 210. The Morgan fingerprint density at radius 2 is 1.88 bits per heavy atom. The maximum atomic E-state index is 5.39. The first-order valence-electron chi connectivity index (χ1n) is 6.42. The molecular weight excluding hydrogens is 218 g/mol. The number of hydrogen-bond donors (Lipinski definition) is 1. The molecule has 1 N–H and O–H groups in total. The third-order valence-electron chi connectivity index (χ3n) is 3.14. The van der Waals surface area contributed by atoms with Crippen LogP contribution < -0.4 is 5.32 Å². The Labute approximate surface area is 105 Å². The van der Waals surface area contributed by atoms with Gasteiger partial charge in [-0.05, 0) is 32.5 Å². The Kier molecular flexibility index (Phi) is 6.06. The first-order valence-corrected chi connectivity index (χ1v) is 6.82.